The molecule has 0 spiro atoms. The van der Waals surface area contributed by atoms with Gasteiger partial charge < -0.3 is 10.2 Å². The molecule has 0 saturated carbocycles. The Labute approximate surface area is 78.1 Å². The van der Waals surface area contributed by atoms with Gasteiger partial charge in [0.2, 0.25) is 0 Å². The molecule has 0 fully saturated rings. The fraction of sp³-hybridized carbons (Fsp3) is 1.00. The second-order valence-electron chi connectivity index (χ2n) is 2.58. The highest BCUT2D eigenvalue weighted by Gasteiger charge is 1.88. The fourth-order valence-corrected chi connectivity index (χ4v) is 0.461. The van der Waals surface area contributed by atoms with Gasteiger partial charge in [-0.1, -0.05) is 6.92 Å². The van der Waals surface area contributed by atoms with Crippen molar-refractivity contribution < 1.29 is 0 Å². The molecule has 0 amide bonds. The minimum atomic E-state index is 0.750. The molecule has 0 aromatic carbocycles. The molecule has 3 heteroatoms. The lowest BCUT2D eigenvalue weighted by Crippen LogP contribution is -2.26. The summed E-state index contributed by atoms with van der Waals surface area (Å²) in [6, 6.07) is 0. The van der Waals surface area contributed by atoms with Gasteiger partial charge in [0, 0.05) is 13.1 Å². The zero-order valence-corrected chi connectivity index (χ0v) is 9.80. The summed E-state index contributed by atoms with van der Waals surface area (Å²) in [5, 5.41) is 3.09. The number of hydrogen-bond donors (Lipinski definition) is 1. The van der Waals surface area contributed by atoms with Crippen LogP contribution in [0.1, 0.15) is 6.92 Å². The van der Waals surface area contributed by atoms with Crippen molar-refractivity contribution in [3.63, 3.8) is 0 Å². The highest BCUT2D eigenvalue weighted by molar-refractivity contribution is 6.31. The minimum Gasteiger partial charge on any atom is -0.318 e. The first-order valence-electron chi connectivity index (χ1n) is 4.30. The monoisotopic (exact) mass is 173 g/mol. The van der Waals surface area contributed by atoms with Crippen LogP contribution < -0.4 is 5.32 Å². The summed E-state index contributed by atoms with van der Waals surface area (Å²) in [6.45, 7) is 5.54. The average Bonchev–Trinajstić information content (AvgIpc) is 2.02. The summed E-state index contributed by atoms with van der Waals surface area (Å²) in [5.74, 6) is 4.42. The molecule has 0 bridgehead atoms. The number of likely N-dealkylation sites (N-methyl/N-ethyl adjacent to an activating group) is 2. The first-order chi connectivity index (χ1) is 5.22. The molecule has 0 heterocycles. The average molecular weight is 173 g/mol. The Morgan fingerprint density at radius 1 is 1.36 bits per heavy atom. The zero-order valence-electron chi connectivity index (χ0n) is 8.65. The van der Waals surface area contributed by atoms with Crippen LogP contribution >= 0.6 is 0 Å². The van der Waals surface area contributed by atoms with Crippen LogP contribution in [0.2, 0.25) is 11.6 Å². The van der Waals surface area contributed by atoms with Crippen LogP contribution in [-0.2, 0) is 0 Å². The van der Waals surface area contributed by atoms with Crippen molar-refractivity contribution in [2.24, 2.45) is 0 Å². The zero-order chi connectivity index (χ0) is 9.11. The maximum absolute atomic E-state index is 3.09. The third-order valence-corrected chi connectivity index (χ3v) is 1.28. The van der Waals surface area contributed by atoms with E-state index in [0.717, 1.165) is 34.9 Å². The molecule has 0 aromatic heterocycles. The van der Waals surface area contributed by atoms with E-state index in [1.54, 1.807) is 0 Å². The van der Waals surface area contributed by atoms with E-state index in [4.69, 9.17) is 0 Å². The molecule has 2 nitrogen and oxygen atoms in total. The van der Waals surface area contributed by atoms with E-state index in [-0.39, 0.29) is 0 Å². The third kappa shape index (κ3) is 17.9. The Hall–Kier alpha value is 0.452. The van der Waals surface area contributed by atoms with E-state index < -0.39 is 0 Å². The van der Waals surface area contributed by atoms with Gasteiger partial charge >= 0.3 is 0 Å². The standard InChI is InChI=1S/C6H16N2.2CH3.Al/c1-4-8(3)6-5-7-2;;;/h7H,4-6H2,1-3H3;2*1H3;. The molecule has 0 saturated heterocycles. The number of hydrogen-bond acceptors (Lipinski definition) is 2. The summed E-state index contributed by atoms with van der Waals surface area (Å²) >= 11 is 0.750. The van der Waals surface area contributed by atoms with E-state index >= 15 is 0 Å². The molecule has 11 heavy (non-hydrogen) atoms. The Bertz CT molecular complexity index is 60.1. The Morgan fingerprint density at radius 3 is 2.09 bits per heavy atom. The second kappa shape index (κ2) is 13.1. The van der Waals surface area contributed by atoms with Gasteiger partial charge in [0.05, 0.1) is 0 Å². The predicted molar refractivity (Wildman–Crippen MR) is 54.6 cm³/mol. The van der Waals surface area contributed by atoms with Gasteiger partial charge in [0.25, 0.3) is 0 Å². The summed E-state index contributed by atoms with van der Waals surface area (Å²) in [5.41, 5.74) is 0. The lowest BCUT2D eigenvalue weighted by atomic mass is 10.5. The summed E-state index contributed by atoms with van der Waals surface area (Å²) in [7, 11) is 4.10. The van der Waals surface area contributed by atoms with Gasteiger partial charge in [-0.3, -0.25) is 0 Å². The molecular weight excluding hydrogens is 151 g/mol. The van der Waals surface area contributed by atoms with E-state index in [2.05, 4.69) is 35.8 Å². The van der Waals surface area contributed by atoms with Gasteiger partial charge in [-0.05, 0) is 20.6 Å². The van der Waals surface area contributed by atoms with Crippen LogP contribution in [0, 0.1) is 0 Å². The summed E-state index contributed by atoms with van der Waals surface area (Å²) in [4.78, 5) is 2.27. The molecule has 0 aliphatic rings. The fourth-order valence-electron chi connectivity index (χ4n) is 0.461. The molecule has 0 aliphatic heterocycles. The SMILES string of the molecule is CCN(C)CCNC.[CH3][Al][CH3]. The van der Waals surface area contributed by atoms with Crippen LogP contribution in [0.25, 0.3) is 0 Å². The molecule has 0 aliphatic carbocycles. The molecular formula is C8H22AlN2. The highest BCUT2D eigenvalue weighted by Crippen LogP contribution is 1.75. The van der Waals surface area contributed by atoms with Crippen molar-refractivity contribution >= 4 is 15.2 Å². The first kappa shape index (κ1) is 14.0. The van der Waals surface area contributed by atoms with Crippen molar-refractivity contribution in [2.75, 3.05) is 33.7 Å². The van der Waals surface area contributed by atoms with Gasteiger partial charge in [0.1, 0.15) is 0 Å². The predicted octanol–water partition coefficient (Wildman–Crippen LogP) is 0.944. The second-order valence-corrected chi connectivity index (χ2v) is 3.73. The van der Waals surface area contributed by atoms with E-state index in [9.17, 15) is 0 Å². The maximum Gasteiger partial charge on any atom is 0.191 e. The van der Waals surface area contributed by atoms with Crippen molar-refractivity contribution in [3.05, 3.63) is 0 Å². The first-order valence-corrected chi connectivity index (χ1v) is 6.60. The molecule has 0 rings (SSSR count). The largest absolute Gasteiger partial charge is 0.318 e. The number of nitrogens with zero attached hydrogens (tertiary/aromatic N) is 1. The Kier molecular flexibility index (Phi) is 16.6. The van der Waals surface area contributed by atoms with Crippen molar-refractivity contribution in [1.82, 2.24) is 10.2 Å². The number of rotatable bonds is 4. The summed E-state index contributed by atoms with van der Waals surface area (Å²) in [6.07, 6.45) is 0. The normalized spacial score (nSPS) is 8.91. The summed E-state index contributed by atoms with van der Waals surface area (Å²) < 4.78 is 0. The van der Waals surface area contributed by atoms with Crippen LogP contribution in [0.5, 0.6) is 0 Å². The lowest BCUT2D eigenvalue weighted by molar-refractivity contribution is 0.354. The van der Waals surface area contributed by atoms with Crippen molar-refractivity contribution in [3.8, 4) is 0 Å². The van der Waals surface area contributed by atoms with Crippen LogP contribution in [-0.4, -0.2) is 53.8 Å². The molecule has 0 aromatic rings. The Morgan fingerprint density at radius 2 is 1.82 bits per heavy atom. The van der Waals surface area contributed by atoms with Crippen LogP contribution in [0.3, 0.4) is 0 Å². The molecule has 0 unspecified atom stereocenters. The van der Waals surface area contributed by atoms with E-state index in [1.165, 1.54) is 0 Å². The van der Waals surface area contributed by atoms with Gasteiger partial charge in [-0.15, -0.1) is 11.6 Å². The van der Waals surface area contributed by atoms with E-state index in [0.29, 0.717) is 0 Å². The molecule has 1 N–H and O–H groups in total. The minimum absolute atomic E-state index is 0.750. The molecule has 67 valence electrons. The van der Waals surface area contributed by atoms with Crippen LogP contribution in [0.4, 0.5) is 0 Å². The maximum atomic E-state index is 3.09. The molecule has 1 radical (unpaired) electrons. The van der Waals surface area contributed by atoms with Crippen molar-refractivity contribution in [1.29, 1.82) is 0 Å². The van der Waals surface area contributed by atoms with Crippen LogP contribution in [0.15, 0.2) is 0 Å². The topological polar surface area (TPSA) is 15.3 Å². The highest BCUT2D eigenvalue weighted by atomic mass is 27.1. The smallest absolute Gasteiger partial charge is 0.191 e. The van der Waals surface area contributed by atoms with Gasteiger partial charge in [-0.25, -0.2) is 0 Å². The lowest BCUT2D eigenvalue weighted by Gasteiger charge is -2.11. The third-order valence-electron chi connectivity index (χ3n) is 1.28. The van der Waals surface area contributed by atoms with E-state index in [1.807, 2.05) is 7.05 Å². The van der Waals surface area contributed by atoms with Crippen molar-refractivity contribution in [2.45, 2.75) is 18.5 Å². The number of nitrogens with one attached hydrogen (secondary N) is 1. The quantitative estimate of drug-likeness (QED) is 0.637. The van der Waals surface area contributed by atoms with Gasteiger partial charge in [0.15, 0.2) is 15.2 Å². The van der Waals surface area contributed by atoms with Gasteiger partial charge in [-0.2, -0.15) is 0 Å². The molecule has 0 atom stereocenters. The Balaban J connectivity index is 0.